The highest BCUT2D eigenvalue weighted by atomic mass is 19.3. The SMILES string of the molecule is CC/C=C/C1CCC(C2CCC(c3ccc(C4CCC(C(F)(F)Oc5cc(F)c(F)c(F)c5)CC4)c(F)c3)CC2)CC1. The maximum Gasteiger partial charge on any atom is 0.400 e. The Morgan fingerprint density at radius 1 is 0.714 bits per heavy atom. The maximum atomic E-state index is 15.3. The summed E-state index contributed by atoms with van der Waals surface area (Å²) in [5, 5.41) is 0. The number of halogens is 6. The van der Waals surface area contributed by atoms with Crippen molar-refractivity contribution in [1.29, 1.82) is 0 Å². The molecule has 0 saturated heterocycles. The molecule has 0 aliphatic heterocycles. The molecule has 0 N–H and O–H groups in total. The summed E-state index contributed by atoms with van der Waals surface area (Å²) in [7, 11) is 0. The fourth-order valence-electron chi connectivity index (χ4n) is 7.76. The van der Waals surface area contributed by atoms with E-state index >= 15 is 4.39 Å². The van der Waals surface area contributed by atoms with E-state index in [4.69, 9.17) is 0 Å². The monoisotopic (exact) mass is 592 g/mol. The normalized spacial score (nSPS) is 29.1. The van der Waals surface area contributed by atoms with Crippen LogP contribution in [0, 0.1) is 46.9 Å². The third-order valence-electron chi connectivity index (χ3n) is 10.2. The van der Waals surface area contributed by atoms with Gasteiger partial charge in [-0.1, -0.05) is 31.2 Å². The molecule has 0 radical (unpaired) electrons. The van der Waals surface area contributed by atoms with Crippen molar-refractivity contribution in [2.75, 3.05) is 0 Å². The van der Waals surface area contributed by atoms with Crippen molar-refractivity contribution >= 4 is 0 Å². The van der Waals surface area contributed by atoms with Crippen LogP contribution in [0.25, 0.3) is 0 Å². The van der Waals surface area contributed by atoms with Crippen LogP contribution in [0.3, 0.4) is 0 Å². The lowest BCUT2D eigenvalue weighted by molar-refractivity contribution is -0.222. The molecule has 7 heteroatoms. The largest absolute Gasteiger partial charge is 0.432 e. The van der Waals surface area contributed by atoms with Gasteiger partial charge in [0, 0.05) is 12.1 Å². The van der Waals surface area contributed by atoms with Gasteiger partial charge >= 0.3 is 6.11 Å². The first-order valence-electron chi connectivity index (χ1n) is 15.8. The molecule has 0 unspecified atom stereocenters. The lowest BCUT2D eigenvalue weighted by Crippen LogP contribution is -2.37. The van der Waals surface area contributed by atoms with Gasteiger partial charge in [-0.15, -0.1) is 0 Å². The van der Waals surface area contributed by atoms with Crippen LogP contribution in [-0.2, 0) is 0 Å². The molecule has 1 nitrogen and oxygen atoms in total. The number of rotatable bonds is 8. The second-order valence-electron chi connectivity index (χ2n) is 12.8. The molecule has 3 fully saturated rings. The Bertz CT molecular complexity index is 1190. The summed E-state index contributed by atoms with van der Waals surface area (Å²) in [5.41, 5.74) is 1.60. The zero-order valence-corrected chi connectivity index (χ0v) is 24.4. The third kappa shape index (κ3) is 7.19. The fourth-order valence-corrected chi connectivity index (χ4v) is 7.76. The quantitative estimate of drug-likeness (QED) is 0.168. The van der Waals surface area contributed by atoms with E-state index in [2.05, 4.69) is 23.8 Å². The van der Waals surface area contributed by atoms with Gasteiger partial charge in [-0.3, -0.25) is 0 Å². The Labute approximate surface area is 245 Å². The van der Waals surface area contributed by atoms with Crippen LogP contribution in [0.2, 0.25) is 0 Å². The van der Waals surface area contributed by atoms with Crippen LogP contribution in [0.15, 0.2) is 42.5 Å². The summed E-state index contributed by atoms with van der Waals surface area (Å²) < 4.78 is 89.6. The molecule has 2 aromatic rings. The zero-order chi connectivity index (χ0) is 29.9. The predicted octanol–water partition coefficient (Wildman–Crippen LogP) is 11.2. The molecule has 230 valence electrons. The summed E-state index contributed by atoms with van der Waals surface area (Å²) in [6.45, 7) is 2.18. The highest BCUT2D eigenvalue weighted by Crippen LogP contribution is 2.46. The van der Waals surface area contributed by atoms with Crippen LogP contribution >= 0.6 is 0 Å². The van der Waals surface area contributed by atoms with Crippen molar-refractivity contribution in [2.24, 2.45) is 23.7 Å². The van der Waals surface area contributed by atoms with Gasteiger partial charge in [0.15, 0.2) is 17.5 Å². The number of ether oxygens (including phenoxy) is 1. The second kappa shape index (κ2) is 13.5. The topological polar surface area (TPSA) is 9.23 Å². The minimum Gasteiger partial charge on any atom is -0.432 e. The van der Waals surface area contributed by atoms with E-state index < -0.39 is 35.2 Å². The van der Waals surface area contributed by atoms with E-state index in [-0.39, 0.29) is 24.6 Å². The summed E-state index contributed by atoms with van der Waals surface area (Å²) >= 11 is 0. The second-order valence-corrected chi connectivity index (χ2v) is 12.8. The summed E-state index contributed by atoms with van der Waals surface area (Å²) in [6.07, 6.45) is 12.8. The van der Waals surface area contributed by atoms with E-state index in [0.29, 0.717) is 36.5 Å². The van der Waals surface area contributed by atoms with Crippen molar-refractivity contribution in [3.63, 3.8) is 0 Å². The standard InChI is InChI=1S/C35H42F6O/c1-2-3-4-22-5-7-23(8-6-22)24-9-11-25(12-10-24)27-15-18-30(31(36)19-27)26-13-16-28(17-14-26)35(40,41)42-29-20-32(37)34(39)33(38)21-29/h3-4,15,18-26,28H,2,5-14,16-17H2,1H3/b4-3+. The molecule has 3 saturated carbocycles. The molecule has 0 atom stereocenters. The first-order chi connectivity index (χ1) is 20.1. The lowest BCUT2D eigenvalue weighted by atomic mass is 9.68. The van der Waals surface area contributed by atoms with E-state index in [1.165, 1.54) is 38.5 Å². The predicted molar refractivity (Wildman–Crippen MR) is 153 cm³/mol. The van der Waals surface area contributed by atoms with Crippen LogP contribution in [-0.4, -0.2) is 6.11 Å². The van der Waals surface area contributed by atoms with Crippen LogP contribution < -0.4 is 4.74 Å². The number of benzene rings is 2. The summed E-state index contributed by atoms with van der Waals surface area (Å²) in [5.74, 6) is -4.60. The molecular formula is C35H42F6O. The number of allylic oxidation sites excluding steroid dienone is 2. The van der Waals surface area contributed by atoms with Gasteiger partial charge in [-0.25, -0.2) is 17.6 Å². The molecule has 3 aliphatic rings. The Hall–Kier alpha value is -2.44. The van der Waals surface area contributed by atoms with E-state index in [0.717, 1.165) is 42.6 Å². The number of alkyl halides is 2. The third-order valence-corrected chi connectivity index (χ3v) is 10.2. The fraction of sp³-hybridized carbons (Fsp3) is 0.600. The Morgan fingerprint density at radius 2 is 1.29 bits per heavy atom. The Kier molecular flexibility index (Phi) is 9.94. The zero-order valence-electron chi connectivity index (χ0n) is 24.4. The molecule has 5 rings (SSSR count). The molecular weight excluding hydrogens is 550 g/mol. The van der Waals surface area contributed by atoms with Crippen molar-refractivity contribution in [3.05, 3.63) is 76.9 Å². The van der Waals surface area contributed by atoms with Gasteiger partial charge in [0.05, 0.1) is 5.92 Å². The Morgan fingerprint density at radius 3 is 1.86 bits per heavy atom. The van der Waals surface area contributed by atoms with Gasteiger partial charge in [0.2, 0.25) is 0 Å². The van der Waals surface area contributed by atoms with Gasteiger partial charge in [-0.05, 0) is 130 Å². The van der Waals surface area contributed by atoms with Gasteiger partial charge in [0.25, 0.3) is 0 Å². The van der Waals surface area contributed by atoms with Crippen molar-refractivity contribution in [3.8, 4) is 5.75 Å². The van der Waals surface area contributed by atoms with Crippen LogP contribution in [0.4, 0.5) is 26.3 Å². The van der Waals surface area contributed by atoms with Gasteiger partial charge < -0.3 is 4.74 Å². The molecule has 0 heterocycles. The molecule has 0 aromatic heterocycles. The molecule has 3 aliphatic carbocycles. The number of hydrogen-bond acceptors (Lipinski definition) is 1. The first-order valence-corrected chi connectivity index (χ1v) is 15.8. The van der Waals surface area contributed by atoms with Gasteiger partial charge in [0.1, 0.15) is 11.6 Å². The van der Waals surface area contributed by atoms with E-state index in [1.807, 2.05) is 12.1 Å². The molecule has 0 bridgehead atoms. The molecule has 0 spiro atoms. The van der Waals surface area contributed by atoms with Crippen molar-refractivity contribution < 1.29 is 31.1 Å². The average Bonchev–Trinajstić information content (AvgIpc) is 2.99. The minimum atomic E-state index is -3.69. The highest BCUT2D eigenvalue weighted by molar-refractivity contribution is 5.30. The average molecular weight is 593 g/mol. The summed E-state index contributed by atoms with van der Waals surface area (Å²) in [4.78, 5) is 0. The highest BCUT2D eigenvalue weighted by Gasteiger charge is 2.44. The maximum absolute atomic E-state index is 15.3. The molecule has 42 heavy (non-hydrogen) atoms. The smallest absolute Gasteiger partial charge is 0.400 e. The number of hydrogen-bond donors (Lipinski definition) is 0. The van der Waals surface area contributed by atoms with Crippen LogP contribution in [0.5, 0.6) is 5.75 Å². The van der Waals surface area contributed by atoms with E-state index in [9.17, 15) is 22.0 Å². The van der Waals surface area contributed by atoms with E-state index in [1.54, 1.807) is 6.07 Å². The summed E-state index contributed by atoms with van der Waals surface area (Å²) in [6, 6.07) is 6.35. The van der Waals surface area contributed by atoms with Gasteiger partial charge in [-0.2, -0.15) is 8.78 Å². The van der Waals surface area contributed by atoms with Crippen molar-refractivity contribution in [2.45, 2.75) is 108 Å². The molecule has 2 aromatic carbocycles. The Balaban J connectivity index is 1.11. The first kappa shape index (κ1) is 31.0. The van der Waals surface area contributed by atoms with Crippen LogP contribution in [0.1, 0.15) is 113 Å². The minimum absolute atomic E-state index is 0.0752. The lowest BCUT2D eigenvalue weighted by Gasteiger charge is -2.37. The molecule has 0 amide bonds. The van der Waals surface area contributed by atoms with Crippen molar-refractivity contribution in [1.82, 2.24) is 0 Å².